The van der Waals surface area contributed by atoms with E-state index < -0.39 is 0 Å². The topological polar surface area (TPSA) is 105 Å². The Bertz CT molecular complexity index is 1610. The molecule has 0 bridgehead atoms. The van der Waals surface area contributed by atoms with Crippen molar-refractivity contribution in [2.75, 3.05) is 0 Å². The van der Waals surface area contributed by atoms with Crippen LogP contribution >= 0.6 is 47.6 Å². The van der Waals surface area contributed by atoms with Crippen molar-refractivity contribution in [2.24, 2.45) is 10.2 Å². The summed E-state index contributed by atoms with van der Waals surface area (Å²) >= 11 is 23.2. The Morgan fingerprint density at radius 3 is 1.56 bits per heavy atom. The second-order valence-corrected chi connectivity index (χ2v) is 8.86. The van der Waals surface area contributed by atoms with Crippen LogP contribution in [0.25, 0.3) is 23.0 Å². The molecule has 2 N–H and O–H groups in total. The highest BCUT2D eigenvalue weighted by Gasteiger charge is 2.15. The van der Waals surface area contributed by atoms with Gasteiger partial charge in [0.25, 0.3) is 0 Å². The smallest absolute Gasteiger partial charge is 0.216 e. The van der Waals surface area contributed by atoms with Crippen LogP contribution in [-0.4, -0.2) is 47.2 Å². The van der Waals surface area contributed by atoms with Gasteiger partial charge in [-0.05, 0) is 48.7 Å². The average Bonchev–Trinajstić information content (AvgIpc) is 3.45. The molecule has 0 saturated carbocycles. The zero-order chi connectivity index (χ0) is 25.1. The standard InChI is InChI=1S/C23H15Cl2N9S2/c24-16-8-3-1-6-14(16)12-26-33-20(29-31-22(33)35)18-10-5-11-19(28-18)21-30-32-23(36)34(21)27-13-15-7-2-4-9-17(15)25/h1-13H,(H,31,35)(H,32,36)/b26-12+,27-13+. The fourth-order valence-corrected chi connectivity index (χ4v) is 3.94. The van der Waals surface area contributed by atoms with Gasteiger partial charge in [-0.1, -0.05) is 65.7 Å². The van der Waals surface area contributed by atoms with Crippen molar-refractivity contribution in [3.8, 4) is 23.0 Å². The summed E-state index contributed by atoms with van der Waals surface area (Å²) in [5.74, 6) is 0.816. The summed E-state index contributed by atoms with van der Waals surface area (Å²) in [5, 5.41) is 24.2. The Kier molecular flexibility index (Phi) is 6.96. The van der Waals surface area contributed by atoms with E-state index in [1.807, 2.05) is 42.5 Å². The van der Waals surface area contributed by atoms with Crippen molar-refractivity contribution in [1.82, 2.24) is 34.7 Å². The molecule has 5 aromatic rings. The maximum absolute atomic E-state index is 6.24. The van der Waals surface area contributed by atoms with E-state index in [1.54, 1.807) is 36.7 Å². The van der Waals surface area contributed by atoms with Gasteiger partial charge in [0.05, 0.1) is 12.4 Å². The van der Waals surface area contributed by atoms with Gasteiger partial charge in [0, 0.05) is 21.2 Å². The van der Waals surface area contributed by atoms with Crippen LogP contribution in [0.4, 0.5) is 0 Å². The third-order valence-corrected chi connectivity index (χ3v) is 6.16. The molecular formula is C23H15Cl2N9S2. The van der Waals surface area contributed by atoms with Gasteiger partial charge >= 0.3 is 0 Å². The number of nitrogens with one attached hydrogen (secondary N) is 2. The molecule has 5 rings (SSSR count). The van der Waals surface area contributed by atoms with Crippen molar-refractivity contribution in [3.63, 3.8) is 0 Å². The number of rotatable bonds is 6. The fourth-order valence-electron chi connectivity index (χ4n) is 3.21. The molecule has 0 unspecified atom stereocenters. The van der Waals surface area contributed by atoms with Gasteiger partial charge in [-0.15, -0.1) is 0 Å². The lowest BCUT2D eigenvalue weighted by Crippen LogP contribution is -2.00. The van der Waals surface area contributed by atoms with Crippen LogP contribution in [0.2, 0.25) is 10.0 Å². The molecule has 178 valence electrons. The quantitative estimate of drug-likeness (QED) is 0.199. The largest absolute Gasteiger partial charge is 0.250 e. The second kappa shape index (κ2) is 10.5. The number of hydrogen-bond donors (Lipinski definition) is 2. The normalized spacial score (nSPS) is 11.6. The van der Waals surface area contributed by atoms with Gasteiger partial charge in [-0.3, -0.25) is 0 Å². The van der Waals surface area contributed by atoms with Gasteiger partial charge in [0.1, 0.15) is 11.4 Å². The predicted molar refractivity (Wildman–Crippen MR) is 146 cm³/mol. The number of aromatic nitrogens is 7. The highest BCUT2D eigenvalue weighted by molar-refractivity contribution is 7.71. The molecule has 3 aromatic heterocycles. The summed E-state index contributed by atoms with van der Waals surface area (Å²) in [5.41, 5.74) is 2.49. The van der Waals surface area contributed by atoms with Crippen LogP contribution in [0, 0.1) is 9.54 Å². The first-order valence-corrected chi connectivity index (χ1v) is 12.0. The molecule has 0 fully saturated rings. The van der Waals surface area contributed by atoms with Gasteiger partial charge < -0.3 is 0 Å². The van der Waals surface area contributed by atoms with Crippen LogP contribution < -0.4 is 0 Å². The van der Waals surface area contributed by atoms with E-state index in [-0.39, 0.29) is 0 Å². The molecule has 2 aromatic carbocycles. The lowest BCUT2D eigenvalue weighted by atomic mass is 10.2. The Morgan fingerprint density at radius 1 is 0.667 bits per heavy atom. The van der Waals surface area contributed by atoms with E-state index in [1.165, 1.54) is 9.35 Å². The Hall–Kier alpha value is -3.77. The molecule has 0 amide bonds. The first kappa shape index (κ1) is 23.9. The maximum Gasteiger partial charge on any atom is 0.216 e. The van der Waals surface area contributed by atoms with Gasteiger partial charge in [0.15, 0.2) is 0 Å². The lowest BCUT2D eigenvalue weighted by molar-refractivity contribution is 0.860. The molecule has 0 aliphatic carbocycles. The first-order chi connectivity index (χ1) is 17.5. The predicted octanol–water partition coefficient (Wildman–Crippen LogP) is 5.99. The number of H-pyrrole nitrogens is 2. The summed E-state index contributed by atoms with van der Waals surface area (Å²) < 4.78 is 3.54. The molecule has 0 atom stereocenters. The SMILES string of the molecule is S=c1[nH]nc(-c2cccc(-c3n[nH]c(=S)n3/N=C/c3ccccc3Cl)n2)n1/N=C/c1ccccc1Cl. The first-order valence-electron chi connectivity index (χ1n) is 10.4. The maximum atomic E-state index is 6.24. The van der Waals surface area contributed by atoms with Crippen molar-refractivity contribution < 1.29 is 0 Å². The Morgan fingerprint density at radius 2 is 1.11 bits per heavy atom. The minimum Gasteiger partial charge on any atom is -0.250 e. The number of hydrogen-bond acceptors (Lipinski definition) is 7. The van der Waals surface area contributed by atoms with Crippen LogP contribution in [0.3, 0.4) is 0 Å². The van der Waals surface area contributed by atoms with Crippen molar-refractivity contribution in [3.05, 3.63) is 97.4 Å². The summed E-state index contributed by atoms with van der Waals surface area (Å²) in [6.45, 7) is 0. The summed E-state index contributed by atoms with van der Waals surface area (Å²) in [7, 11) is 0. The van der Waals surface area contributed by atoms with Crippen molar-refractivity contribution in [1.29, 1.82) is 0 Å². The number of benzene rings is 2. The van der Waals surface area contributed by atoms with E-state index in [4.69, 9.17) is 52.6 Å². The second-order valence-electron chi connectivity index (χ2n) is 7.27. The molecule has 0 aliphatic heterocycles. The molecule has 36 heavy (non-hydrogen) atoms. The number of nitrogens with zero attached hydrogens (tertiary/aromatic N) is 7. The molecule has 0 saturated heterocycles. The van der Waals surface area contributed by atoms with Gasteiger partial charge in [0.2, 0.25) is 21.2 Å². The monoisotopic (exact) mass is 551 g/mol. The van der Waals surface area contributed by atoms with Crippen LogP contribution in [-0.2, 0) is 0 Å². The minimum absolute atomic E-state index is 0.299. The average molecular weight is 552 g/mol. The van der Waals surface area contributed by atoms with E-state index in [0.717, 1.165) is 11.1 Å². The highest BCUT2D eigenvalue weighted by Crippen LogP contribution is 2.22. The van der Waals surface area contributed by atoms with E-state index in [2.05, 4.69) is 30.6 Å². The molecule has 0 aliphatic rings. The van der Waals surface area contributed by atoms with E-state index >= 15 is 0 Å². The highest BCUT2D eigenvalue weighted by atomic mass is 35.5. The fraction of sp³-hybridized carbons (Fsp3) is 0. The van der Waals surface area contributed by atoms with E-state index in [0.29, 0.717) is 42.6 Å². The van der Waals surface area contributed by atoms with E-state index in [9.17, 15) is 0 Å². The minimum atomic E-state index is 0.299. The third kappa shape index (κ3) is 4.95. The number of pyridine rings is 1. The zero-order valence-corrected chi connectivity index (χ0v) is 21.4. The van der Waals surface area contributed by atoms with Gasteiger partial charge in [-0.25, -0.2) is 15.2 Å². The number of aromatic amines is 2. The van der Waals surface area contributed by atoms with Crippen molar-refractivity contribution in [2.45, 2.75) is 0 Å². The third-order valence-electron chi connectivity index (χ3n) is 4.94. The van der Waals surface area contributed by atoms with Crippen molar-refractivity contribution >= 4 is 60.1 Å². The van der Waals surface area contributed by atoms with Crippen LogP contribution in [0.15, 0.2) is 76.9 Å². The zero-order valence-electron chi connectivity index (χ0n) is 18.2. The molecule has 0 radical (unpaired) electrons. The summed E-state index contributed by atoms with van der Waals surface area (Å²) in [4.78, 5) is 4.71. The van der Waals surface area contributed by atoms with Gasteiger partial charge in [-0.2, -0.15) is 29.8 Å². The summed E-state index contributed by atoms with van der Waals surface area (Å²) in [6.07, 6.45) is 3.21. The number of halogens is 2. The van der Waals surface area contributed by atoms with Crippen LogP contribution in [0.1, 0.15) is 11.1 Å². The molecular weight excluding hydrogens is 537 g/mol. The molecule has 13 heteroatoms. The molecule has 9 nitrogen and oxygen atoms in total. The molecule has 3 heterocycles. The molecule has 0 spiro atoms. The lowest BCUT2D eigenvalue weighted by Gasteiger charge is -2.04. The Labute approximate surface area is 224 Å². The summed E-state index contributed by atoms with van der Waals surface area (Å²) in [6, 6.07) is 20.1. The van der Waals surface area contributed by atoms with Crippen LogP contribution in [0.5, 0.6) is 0 Å². The Balaban J connectivity index is 1.52.